The molecule has 0 heterocycles. The van der Waals surface area contributed by atoms with Crippen LogP contribution in [0, 0.1) is 0 Å². The Bertz CT molecular complexity index is 618. The van der Waals surface area contributed by atoms with Gasteiger partial charge in [-0.25, -0.2) is 4.79 Å². The number of anilines is 1. The highest BCUT2D eigenvalue weighted by Crippen LogP contribution is 2.22. The van der Waals surface area contributed by atoms with E-state index in [1.165, 1.54) is 0 Å². The maximum Gasteiger partial charge on any atom is 0.331 e. The smallest absolute Gasteiger partial charge is 0.331 e. The third-order valence-corrected chi connectivity index (χ3v) is 2.88. The van der Waals surface area contributed by atoms with Crippen LogP contribution in [-0.4, -0.2) is 17.6 Å². The van der Waals surface area contributed by atoms with Gasteiger partial charge >= 0.3 is 5.97 Å². The summed E-state index contributed by atoms with van der Waals surface area (Å²) in [5.74, 6) is 0.644. The minimum absolute atomic E-state index is 0.325. The highest BCUT2D eigenvalue weighted by Gasteiger charge is 1.99. The number of aliphatic carboxylic acids is 1. The topological polar surface area (TPSA) is 58.6 Å². The number of carbonyl (C=O) groups is 1. The first-order valence-electron chi connectivity index (χ1n) is 6.62. The summed E-state index contributed by atoms with van der Waals surface area (Å²) >= 11 is 0. The van der Waals surface area contributed by atoms with Gasteiger partial charge in [0.1, 0.15) is 11.5 Å². The van der Waals surface area contributed by atoms with E-state index in [4.69, 9.17) is 9.84 Å². The van der Waals surface area contributed by atoms with Gasteiger partial charge < -0.3 is 15.2 Å². The molecular formula is C17H17NO3. The number of nitrogens with one attached hydrogen (secondary N) is 1. The molecule has 2 aromatic rings. The summed E-state index contributed by atoms with van der Waals surface area (Å²) in [5, 5.41) is 11.9. The van der Waals surface area contributed by atoms with Crippen molar-refractivity contribution in [3.05, 3.63) is 66.2 Å². The molecule has 0 aliphatic carbocycles. The van der Waals surface area contributed by atoms with Crippen LogP contribution in [0.5, 0.6) is 11.5 Å². The summed E-state index contributed by atoms with van der Waals surface area (Å²) in [6.45, 7) is 2.04. The van der Waals surface area contributed by atoms with E-state index in [2.05, 4.69) is 5.32 Å². The Kier molecular flexibility index (Phi) is 4.99. The average Bonchev–Trinajstić information content (AvgIpc) is 2.50. The average molecular weight is 283 g/mol. The van der Waals surface area contributed by atoms with Crippen molar-refractivity contribution in [3.63, 3.8) is 0 Å². The molecule has 2 N–H and O–H groups in total. The van der Waals surface area contributed by atoms with Gasteiger partial charge in [0.25, 0.3) is 0 Å². The molecule has 21 heavy (non-hydrogen) atoms. The van der Waals surface area contributed by atoms with E-state index in [1.54, 1.807) is 13.0 Å². The Hall–Kier alpha value is -2.75. The van der Waals surface area contributed by atoms with Crippen LogP contribution in [0.3, 0.4) is 0 Å². The lowest BCUT2D eigenvalue weighted by atomic mass is 10.2. The van der Waals surface area contributed by atoms with Gasteiger partial charge in [-0.05, 0) is 43.3 Å². The minimum atomic E-state index is -0.900. The van der Waals surface area contributed by atoms with Crippen LogP contribution in [0.15, 0.2) is 66.2 Å². The molecule has 0 saturated carbocycles. The number of carboxylic acid groups (broad SMARTS) is 1. The molecule has 0 fully saturated rings. The Morgan fingerprint density at radius 1 is 1.10 bits per heavy atom. The lowest BCUT2D eigenvalue weighted by Crippen LogP contribution is -2.02. The molecule has 0 bridgehead atoms. The zero-order valence-electron chi connectivity index (χ0n) is 11.7. The largest absolute Gasteiger partial charge is 0.478 e. The predicted octanol–water partition coefficient (Wildman–Crippen LogP) is 3.92. The summed E-state index contributed by atoms with van der Waals surface area (Å²) in [4.78, 5) is 10.6. The summed E-state index contributed by atoms with van der Waals surface area (Å²) in [6.07, 6.45) is 1.64. The van der Waals surface area contributed by atoms with Crippen LogP contribution < -0.4 is 10.1 Å². The number of ether oxygens (including phenoxy) is 1. The molecule has 2 aromatic carbocycles. The lowest BCUT2D eigenvalue weighted by molar-refractivity contribution is -0.132. The fraction of sp³-hybridized carbons (Fsp3) is 0.118. The van der Waals surface area contributed by atoms with Crippen LogP contribution in [0.25, 0.3) is 0 Å². The zero-order valence-corrected chi connectivity index (χ0v) is 11.7. The van der Waals surface area contributed by atoms with Gasteiger partial charge in [-0.2, -0.15) is 0 Å². The first-order chi connectivity index (χ1) is 10.1. The first kappa shape index (κ1) is 14.7. The Morgan fingerprint density at radius 3 is 2.33 bits per heavy atom. The molecule has 0 radical (unpaired) electrons. The Balaban J connectivity index is 1.90. The van der Waals surface area contributed by atoms with Crippen LogP contribution in [0.2, 0.25) is 0 Å². The summed E-state index contributed by atoms with van der Waals surface area (Å²) < 4.78 is 5.69. The van der Waals surface area contributed by atoms with Gasteiger partial charge in [0.15, 0.2) is 0 Å². The Morgan fingerprint density at radius 2 is 1.71 bits per heavy atom. The Labute approximate surface area is 123 Å². The molecule has 4 heteroatoms. The number of benzene rings is 2. The van der Waals surface area contributed by atoms with Crippen molar-refractivity contribution in [2.75, 3.05) is 11.9 Å². The molecule has 0 atom stereocenters. The van der Waals surface area contributed by atoms with Crippen LogP contribution >= 0.6 is 0 Å². The number of hydrogen-bond acceptors (Lipinski definition) is 3. The number of para-hydroxylation sites is 1. The van der Waals surface area contributed by atoms with Crippen LogP contribution in [-0.2, 0) is 4.79 Å². The van der Waals surface area contributed by atoms with E-state index in [1.807, 2.05) is 54.6 Å². The monoisotopic (exact) mass is 283 g/mol. The highest BCUT2D eigenvalue weighted by molar-refractivity contribution is 5.85. The second-order valence-electron chi connectivity index (χ2n) is 4.51. The molecule has 0 saturated heterocycles. The third-order valence-electron chi connectivity index (χ3n) is 2.88. The van der Waals surface area contributed by atoms with Gasteiger partial charge in [-0.15, -0.1) is 0 Å². The standard InChI is InChI=1S/C17H17NO3/c1-13(17(19)20)11-12-18-14-7-9-16(10-8-14)21-15-5-3-2-4-6-15/h2-11,18H,12H2,1H3,(H,19,20)/b13-11-. The maximum absolute atomic E-state index is 10.6. The van der Waals surface area contributed by atoms with Gasteiger partial charge in [-0.1, -0.05) is 24.3 Å². The van der Waals surface area contributed by atoms with Crippen molar-refractivity contribution in [2.24, 2.45) is 0 Å². The number of carboxylic acids is 1. The van der Waals surface area contributed by atoms with Crippen molar-refractivity contribution in [2.45, 2.75) is 6.92 Å². The fourth-order valence-electron chi connectivity index (χ4n) is 1.67. The van der Waals surface area contributed by atoms with E-state index in [-0.39, 0.29) is 0 Å². The maximum atomic E-state index is 10.6. The van der Waals surface area contributed by atoms with Crippen molar-refractivity contribution < 1.29 is 14.6 Å². The quantitative estimate of drug-likeness (QED) is 0.789. The van der Waals surface area contributed by atoms with Crippen molar-refractivity contribution in [1.29, 1.82) is 0 Å². The molecule has 0 aliphatic heterocycles. The molecule has 2 rings (SSSR count). The number of rotatable bonds is 6. The van der Waals surface area contributed by atoms with Crippen LogP contribution in [0.4, 0.5) is 5.69 Å². The van der Waals surface area contributed by atoms with E-state index >= 15 is 0 Å². The fourth-order valence-corrected chi connectivity index (χ4v) is 1.67. The van der Waals surface area contributed by atoms with Gasteiger partial charge in [0.05, 0.1) is 0 Å². The third kappa shape index (κ3) is 4.69. The molecular weight excluding hydrogens is 266 g/mol. The summed E-state index contributed by atoms with van der Waals surface area (Å²) in [7, 11) is 0. The van der Waals surface area contributed by atoms with E-state index < -0.39 is 5.97 Å². The molecule has 0 amide bonds. The van der Waals surface area contributed by atoms with Gasteiger partial charge in [-0.3, -0.25) is 0 Å². The lowest BCUT2D eigenvalue weighted by Gasteiger charge is -2.07. The molecule has 0 unspecified atom stereocenters. The molecule has 108 valence electrons. The predicted molar refractivity (Wildman–Crippen MR) is 82.8 cm³/mol. The van der Waals surface area contributed by atoms with Crippen molar-refractivity contribution in [3.8, 4) is 11.5 Å². The van der Waals surface area contributed by atoms with E-state index in [0.29, 0.717) is 12.1 Å². The molecule has 0 aliphatic rings. The van der Waals surface area contributed by atoms with Crippen LogP contribution in [0.1, 0.15) is 6.92 Å². The van der Waals surface area contributed by atoms with E-state index in [0.717, 1.165) is 17.2 Å². The second kappa shape index (κ2) is 7.14. The normalized spacial score (nSPS) is 11.0. The van der Waals surface area contributed by atoms with Gasteiger partial charge in [0, 0.05) is 17.8 Å². The highest BCUT2D eigenvalue weighted by atomic mass is 16.5. The van der Waals surface area contributed by atoms with Crippen molar-refractivity contribution >= 4 is 11.7 Å². The summed E-state index contributed by atoms with van der Waals surface area (Å²) in [6, 6.07) is 17.1. The second-order valence-corrected chi connectivity index (χ2v) is 4.51. The SMILES string of the molecule is C/C(=C/CNc1ccc(Oc2ccccc2)cc1)C(=O)O. The zero-order chi connectivity index (χ0) is 15.1. The number of hydrogen-bond donors (Lipinski definition) is 2. The first-order valence-corrected chi connectivity index (χ1v) is 6.62. The van der Waals surface area contributed by atoms with Gasteiger partial charge in [0.2, 0.25) is 0 Å². The molecule has 4 nitrogen and oxygen atoms in total. The summed E-state index contributed by atoms with van der Waals surface area (Å²) in [5.41, 5.74) is 1.23. The van der Waals surface area contributed by atoms with E-state index in [9.17, 15) is 4.79 Å². The molecule has 0 spiro atoms. The molecule has 0 aromatic heterocycles. The van der Waals surface area contributed by atoms with Crippen molar-refractivity contribution in [1.82, 2.24) is 0 Å². The minimum Gasteiger partial charge on any atom is -0.478 e.